The van der Waals surface area contributed by atoms with E-state index < -0.39 is 0 Å². The molecule has 3 aromatic rings. The molecule has 27 heavy (non-hydrogen) atoms. The zero-order valence-electron chi connectivity index (χ0n) is 15.3. The lowest BCUT2D eigenvalue weighted by Gasteiger charge is -2.33. The molecular formula is C21H22ClN3OS. The van der Waals surface area contributed by atoms with Crippen LogP contribution < -0.4 is 9.64 Å². The minimum absolute atomic E-state index is 0.735. The Hall–Kier alpha value is -2.08. The standard InChI is InChI=1S/C21H22ClN3OS/c1-26-18-10-9-17(22)20-19(18)23-21(27-20)25-14-12-24(13-15-25)11-5-8-16-6-3-2-4-7-16/h2-10H,11-15H2,1H3/b8-5+. The Bertz CT molecular complexity index is 933. The molecule has 2 aromatic carbocycles. The van der Waals surface area contributed by atoms with Gasteiger partial charge >= 0.3 is 0 Å². The average Bonchev–Trinajstić information content (AvgIpc) is 3.16. The monoisotopic (exact) mass is 399 g/mol. The third-order valence-electron chi connectivity index (χ3n) is 4.78. The highest BCUT2D eigenvalue weighted by Crippen LogP contribution is 2.38. The first-order valence-corrected chi connectivity index (χ1v) is 10.3. The molecule has 0 spiro atoms. The smallest absolute Gasteiger partial charge is 0.186 e. The number of methoxy groups -OCH3 is 1. The largest absolute Gasteiger partial charge is 0.494 e. The van der Waals surface area contributed by atoms with Crippen molar-refractivity contribution in [2.75, 3.05) is 44.7 Å². The number of halogens is 1. The fourth-order valence-corrected chi connectivity index (χ4v) is 4.57. The lowest BCUT2D eigenvalue weighted by molar-refractivity contribution is 0.284. The summed E-state index contributed by atoms with van der Waals surface area (Å²) >= 11 is 8.00. The number of rotatable bonds is 5. The fraction of sp³-hybridized carbons (Fsp3) is 0.286. The van der Waals surface area contributed by atoms with E-state index in [0.29, 0.717) is 0 Å². The maximum atomic E-state index is 6.35. The second-order valence-corrected chi connectivity index (χ2v) is 7.91. The topological polar surface area (TPSA) is 28.6 Å². The van der Waals surface area contributed by atoms with Gasteiger partial charge in [-0.1, -0.05) is 65.4 Å². The van der Waals surface area contributed by atoms with Gasteiger partial charge in [0.1, 0.15) is 11.3 Å². The van der Waals surface area contributed by atoms with Crippen molar-refractivity contribution < 1.29 is 4.74 Å². The van der Waals surface area contributed by atoms with Crippen molar-refractivity contribution in [2.45, 2.75) is 0 Å². The number of benzene rings is 2. The molecule has 6 heteroatoms. The molecule has 1 fully saturated rings. The van der Waals surface area contributed by atoms with E-state index in [1.165, 1.54) is 5.56 Å². The normalized spacial score (nSPS) is 15.7. The van der Waals surface area contributed by atoms with Crippen LogP contribution in [0.4, 0.5) is 5.13 Å². The van der Waals surface area contributed by atoms with Gasteiger partial charge in [0.15, 0.2) is 5.13 Å². The van der Waals surface area contributed by atoms with Gasteiger partial charge in [-0.2, -0.15) is 0 Å². The summed E-state index contributed by atoms with van der Waals surface area (Å²) < 4.78 is 6.43. The number of piperazine rings is 1. The van der Waals surface area contributed by atoms with Crippen LogP contribution in [0.3, 0.4) is 0 Å². The minimum atomic E-state index is 0.735. The maximum absolute atomic E-state index is 6.35. The predicted octanol–water partition coefficient (Wildman–Crippen LogP) is 4.79. The number of aromatic nitrogens is 1. The van der Waals surface area contributed by atoms with E-state index in [1.54, 1.807) is 18.4 Å². The van der Waals surface area contributed by atoms with E-state index in [4.69, 9.17) is 21.3 Å². The van der Waals surface area contributed by atoms with Gasteiger partial charge in [-0.3, -0.25) is 4.90 Å². The van der Waals surface area contributed by atoms with Gasteiger partial charge in [-0.15, -0.1) is 0 Å². The molecule has 140 valence electrons. The Morgan fingerprint density at radius 2 is 1.89 bits per heavy atom. The van der Waals surface area contributed by atoms with E-state index in [2.05, 4.69) is 46.2 Å². The van der Waals surface area contributed by atoms with Crippen LogP contribution in [0.5, 0.6) is 5.75 Å². The van der Waals surface area contributed by atoms with Crippen molar-refractivity contribution in [1.82, 2.24) is 9.88 Å². The third-order valence-corrected chi connectivity index (χ3v) is 6.36. The molecule has 0 N–H and O–H groups in total. The molecule has 1 saturated heterocycles. The summed E-state index contributed by atoms with van der Waals surface area (Å²) in [7, 11) is 1.67. The molecule has 0 radical (unpaired) electrons. The Morgan fingerprint density at radius 3 is 2.63 bits per heavy atom. The minimum Gasteiger partial charge on any atom is -0.494 e. The Kier molecular flexibility index (Phi) is 5.62. The first kappa shape index (κ1) is 18.3. The number of nitrogens with zero attached hydrogens (tertiary/aromatic N) is 3. The summed E-state index contributed by atoms with van der Waals surface area (Å²) in [4.78, 5) is 9.61. The Morgan fingerprint density at radius 1 is 1.11 bits per heavy atom. The molecule has 4 rings (SSSR count). The summed E-state index contributed by atoms with van der Waals surface area (Å²) in [5.74, 6) is 0.779. The number of fused-ring (bicyclic) bond motifs is 1. The first-order valence-electron chi connectivity index (χ1n) is 9.06. The molecule has 0 atom stereocenters. The van der Waals surface area contributed by atoms with Crippen molar-refractivity contribution in [1.29, 1.82) is 0 Å². The van der Waals surface area contributed by atoms with Crippen LogP contribution >= 0.6 is 22.9 Å². The predicted molar refractivity (Wildman–Crippen MR) is 115 cm³/mol. The molecule has 0 saturated carbocycles. The van der Waals surface area contributed by atoms with E-state index in [0.717, 1.165) is 58.8 Å². The summed E-state index contributed by atoms with van der Waals surface area (Å²) in [5, 5.41) is 1.76. The highest BCUT2D eigenvalue weighted by molar-refractivity contribution is 7.22. The lowest BCUT2D eigenvalue weighted by atomic mass is 10.2. The van der Waals surface area contributed by atoms with Gasteiger partial charge in [-0.05, 0) is 17.7 Å². The van der Waals surface area contributed by atoms with Gasteiger partial charge in [-0.25, -0.2) is 4.98 Å². The Labute approximate surface area is 168 Å². The summed E-state index contributed by atoms with van der Waals surface area (Å²) in [6, 6.07) is 14.2. The second-order valence-electron chi connectivity index (χ2n) is 6.52. The van der Waals surface area contributed by atoms with Crippen LogP contribution in [0.25, 0.3) is 16.3 Å². The van der Waals surface area contributed by atoms with E-state index in [1.807, 2.05) is 18.2 Å². The molecule has 1 aliphatic rings. The van der Waals surface area contributed by atoms with Crippen molar-refractivity contribution in [3.8, 4) is 5.75 Å². The van der Waals surface area contributed by atoms with E-state index in [9.17, 15) is 0 Å². The maximum Gasteiger partial charge on any atom is 0.186 e. The molecule has 1 aromatic heterocycles. The lowest BCUT2D eigenvalue weighted by Crippen LogP contribution is -2.46. The van der Waals surface area contributed by atoms with Gasteiger partial charge in [0.2, 0.25) is 0 Å². The van der Waals surface area contributed by atoms with Crippen LogP contribution in [0.15, 0.2) is 48.5 Å². The zero-order valence-corrected chi connectivity index (χ0v) is 16.8. The zero-order chi connectivity index (χ0) is 18.6. The highest BCUT2D eigenvalue weighted by Gasteiger charge is 2.21. The van der Waals surface area contributed by atoms with Crippen molar-refractivity contribution in [2.24, 2.45) is 0 Å². The number of ether oxygens (including phenoxy) is 1. The molecule has 0 aliphatic carbocycles. The van der Waals surface area contributed by atoms with Gasteiger partial charge < -0.3 is 9.64 Å². The van der Waals surface area contributed by atoms with E-state index >= 15 is 0 Å². The summed E-state index contributed by atoms with van der Waals surface area (Å²) in [6.07, 6.45) is 4.43. The van der Waals surface area contributed by atoms with Gasteiger partial charge in [0, 0.05) is 32.7 Å². The van der Waals surface area contributed by atoms with Gasteiger partial charge in [0.25, 0.3) is 0 Å². The molecule has 4 nitrogen and oxygen atoms in total. The molecule has 2 heterocycles. The fourth-order valence-electron chi connectivity index (χ4n) is 3.26. The van der Waals surface area contributed by atoms with Crippen LogP contribution in [0.2, 0.25) is 5.02 Å². The van der Waals surface area contributed by atoms with E-state index in [-0.39, 0.29) is 0 Å². The Balaban J connectivity index is 1.38. The van der Waals surface area contributed by atoms with Crippen LogP contribution in [-0.4, -0.2) is 49.7 Å². The van der Waals surface area contributed by atoms with Crippen LogP contribution in [-0.2, 0) is 0 Å². The second kappa shape index (κ2) is 8.30. The summed E-state index contributed by atoms with van der Waals surface area (Å²) in [5.41, 5.74) is 2.11. The average molecular weight is 400 g/mol. The third kappa shape index (κ3) is 4.10. The summed E-state index contributed by atoms with van der Waals surface area (Å²) in [6.45, 7) is 4.97. The molecule has 0 unspecified atom stereocenters. The van der Waals surface area contributed by atoms with Crippen molar-refractivity contribution in [3.05, 3.63) is 59.1 Å². The van der Waals surface area contributed by atoms with Crippen LogP contribution in [0, 0.1) is 0 Å². The number of hydrogen-bond acceptors (Lipinski definition) is 5. The molecule has 0 amide bonds. The molecular weight excluding hydrogens is 378 g/mol. The quantitative estimate of drug-likeness (QED) is 0.616. The van der Waals surface area contributed by atoms with Gasteiger partial charge in [0.05, 0.1) is 16.8 Å². The van der Waals surface area contributed by atoms with Crippen molar-refractivity contribution >= 4 is 44.4 Å². The highest BCUT2D eigenvalue weighted by atomic mass is 35.5. The SMILES string of the molecule is COc1ccc(Cl)c2sc(N3CCN(C/C=C/c4ccccc4)CC3)nc12. The molecule has 1 aliphatic heterocycles. The first-order chi connectivity index (χ1) is 13.2. The van der Waals surface area contributed by atoms with Crippen molar-refractivity contribution in [3.63, 3.8) is 0 Å². The number of thiazole rings is 1. The number of anilines is 1. The molecule has 0 bridgehead atoms. The van der Waals surface area contributed by atoms with Crippen LogP contribution in [0.1, 0.15) is 5.56 Å². The number of hydrogen-bond donors (Lipinski definition) is 0.